The van der Waals surface area contributed by atoms with Crippen molar-refractivity contribution in [3.8, 4) is 0 Å². The fourth-order valence-corrected chi connectivity index (χ4v) is 4.42. The number of hydrogen-bond acceptors (Lipinski definition) is 3. The normalized spacial score (nSPS) is 14.1. The molecule has 1 N–H and O–H groups in total. The molecule has 0 aromatic heterocycles. The number of carbonyl (C=O) groups excluding carboxylic acids is 1. The molecule has 0 bridgehead atoms. The minimum absolute atomic E-state index is 0.145. The van der Waals surface area contributed by atoms with Crippen LogP contribution in [0.3, 0.4) is 0 Å². The molecule has 0 heterocycles. The Hall–Kier alpha value is -1.35. The number of hydrogen-bond donors (Lipinski definition) is 1. The summed E-state index contributed by atoms with van der Waals surface area (Å²) in [5.41, 5.74) is 1.24. The number of aliphatic hydroxyl groups is 1. The van der Waals surface area contributed by atoms with Crippen LogP contribution in [0.1, 0.15) is 32.6 Å². The van der Waals surface area contributed by atoms with Gasteiger partial charge in [0, 0.05) is 0 Å². The van der Waals surface area contributed by atoms with Gasteiger partial charge in [0.05, 0.1) is 0 Å². The van der Waals surface area contributed by atoms with Crippen molar-refractivity contribution in [3.05, 3.63) is 54.6 Å². The molecule has 0 spiro atoms. The van der Waals surface area contributed by atoms with Gasteiger partial charge in [0.2, 0.25) is 0 Å². The second-order valence-corrected chi connectivity index (χ2v) is 7.95. The van der Waals surface area contributed by atoms with E-state index in [0.29, 0.717) is 6.42 Å². The Morgan fingerprint density at radius 1 is 1.35 bits per heavy atom. The van der Waals surface area contributed by atoms with E-state index in [4.69, 9.17) is 4.74 Å². The van der Waals surface area contributed by atoms with E-state index in [9.17, 15) is 9.90 Å². The van der Waals surface area contributed by atoms with Gasteiger partial charge in [0.1, 0.15) is 0 Å². The number of aliphatic hydroxyl groups excluding tert-OH is 1. The molecule has 1 rings (SSSR count). The molecule has 1 aromatic carbocycles. The molecule has 126 valence electrons. The topological polar surface area (TPSA) is 46.5 Å². The van der Waals surface area contributed by atoms with Gasteiger partial charge in [-0.1, -0.05) is 0 Å². The Morgan fingerprint density at radius 2 is 2.04 bits per heavy atom. The molecule has 0 amide bonds. The zero-order chi connectivity index (χ0) is 17.1. The second kappa shape index (κ2) is 11.2. The predicted molar refractivity (Wildman–Crippen MR) is 96.0 cm³/mol. The number of methoxy groups -OCH3 is 1. The Kier molecular flexibility index (Phi) is 9.61. The molecule has 0 fully saturated rings. The number of benzene rings is 1. The molecular weight excluding hydrogens is 355 g/mol. The van der Waals surface area contributed by atoms with Crippen LogP contribution < -0.4 is 4.46 Å². The molecule has 2 atom stereocenters. The maximum absolute atomic E-state index is 12.0. The van der Waals surface area contributed by atoms with Gasteiger partial charge in [-0.15, -0.1) is 0 Å². The molecule has 23 heavy (non-hydrogen) atoms. The third kappa shape index (κ3) is 7.65. The van der Waals surface area contributed by atoms with Crippen LogP contribution in [0.25, 0.3) is 0 Å². The molecule has 1 aromatic rings. The average Bonchev–Trinajstić information content (AvgIpc) is 2.58. The summed E-state index contributed by atoms with van der Waals surface area (Å²) in [6.45, 7) is 5.77. The van der Waals surface area contributed by atoms with Gasteiger partial charge >= 0.3 is 145 Å². The molecule has 0 radical (unpaired) electrons. The Labute approximate surface area is 145 Å². The molecule has 0 aliphatic heterocycles. The van der Waals surface area contributed by atoms with Crippen LogP contribution >= 0.6 is 0 Å². The predicted octanol–water partition coefficient (Wildman–Crippen LogP) is 3.03. The molecular formula is C19H26O3Se. The van der Waals surface area contributed by atoms with E-state index < -0.39 is 10.9 Å². The van der Waals surface area contributed by atoms with Gasteiger partial charge in [0.25, 0.3) is 0 Å². The summed E-state index contributed by atoms with van der Waals surface area (Å²) in [6.07, 6.45) is 6.69. The van der Waals surface area contributed by atoms with Crippen LogP contribution in [-0.4, -0.2) is 39.2 Å². The number of rotatable bonds is 10. The molecule has 0 unspecified atom stereocenters. The summed E-state index contributed by atoms with van der Waals surface area (Å²) in [4.78, 5) is 11.6. The van der Waals surface area contributed by atoms with Gasteiger partial charge < -0.3 is 0 Å². The summed E-state index contributed by atoms with van der Waals surface area (Å²) in [6, 6.07) is 9.82. The van der Waals surface area contributed by atoms with E-state index in [2.05, 4.69) is 19.6 Å². The minimum atomic E-state index is -0.676. The molecule has 4 heteroatoms. The summed E-state index contributed by atoms with van der Waals surface area (Å²) >= 11 is -0.145. The summed E-state index contributed by atoms with van der Waals surface area (Å²) in [7, 11) is 1.38. The third-order valence-corrected chi connectivity index (χ3v) is 6.22. The van der Waals surface area contributed by atoms with E-state index in [1.165, 1.54) is 12.7 Å². The van der Waals surface area contributed by atoms with Gasteiger partial charge in [-0.2, -0.15) is 0 Å². The van der Waals surface area contributed by atoms with Crippen molar-refractivity contribution in [1.29, 1.82) is 0 Å². The Balaban J connectivity index is 2.62. The molecule has 0 saturated heterocycles. The molecule has 0 aliphatic rings. The average molecular weight is 381 g/mol. The zero-order valence-corrected chi connectivity index (χ0v) is 15.6. The van der Waals surface area contributed by atoms with Crippen molar-refractivity contribution < 1.29 is 14.6 Å². The van der Waals surface area contributed by atoms with Crippen LogP contribution in [0.15, 0.2) is 54.6 Å². The first-order valence-electron chi connectivity index (χ1n) is 7.82. The van der Waals surface area contributed by atoms with Gasteiger partial charge in [-0.05, 0) is 0 Å². The van der Waals surface area contributed by atoms with Crippen molar-refractivity contribution in [2.24, 2.45) is 0 Å². The van der Waals surface area contributed by atoms with Crippen molar-refractivity contribution in [2.75, 3.05) is 7.11 Å². The number of allylic oxidation sites excluding steroid dienone is 3. The van der Waals surface area contributed by atoms with Crippen molar-refractivity contribution >= 4 is 25.4 Å². The Morgan fingerprint density at radius 3 is 2.65 bits per heavy atom. The number of esters is 1. The quantitative estimate of drug-likeness (QED) is 0.293. The van der Waals surface area contributed by atoms with Crippen molar-refractivity contribution in [3.63, 3.8) is 0 Å². The van der Waals surface area contributed by atoms with Crippen LogP contribution in [-0.2, 0) is 9.53 Å². The number of ether oxygens (including phenoxy) is 1. The van der Waals surface area contributed by atoms with Crippen LogP contribution in [0.4, 0.5) is 0 Å². The van der Waals surface area contributed by atoms with E-state index in [-0.39, 0.29) is 20.9 Å². The fraction of sp³-hybridized carbons (Fsp3) is 0.421. The van der Waals surface area contributed by atoms with Crippen LogP contribution in [0, 0.1) is 0 Å². The standard InChI is InChI=1S/C19H26O3Se/c1-4-5-7-10-15(2)13-14-17(20)18(19(21)22-3)23-16-11-8-6-9-12-16/h4,6,8-12,17-18,20H,1,5,7,13-14H2,2-3H3/b15-10+/t17-,18-/m1/s1. The maximum atomic E-state index is 12.0. The van der Waals surface area contributed by atoms with Gasteiger partial charge in [-0.25, -0.2) is 0 Å². The van der Waals surface area contributed by atoms with E-state index in [0.717, 1.165) is 23.7 Å². The summed E-state index contributed by atoms with van der Waals surface area (Å²) in [5, 5.41) is 10.5. The number of carbonyl (C=O) groups is 1. The van der Waals surface area contributed by atoms with E-state index in [1.54, 1.807) is 0 Å². The first-order valence-corrected chi connectivity index (χ1v) is 9.67. The second-order valence-electron chi connectivity index (χ2n) is 5.40. The van der Waals surface area contributed by atoms with Crippen LogP contribution in [0.5, 0.6) is 0 Å². The van der Waals surface area contributed by atoms with Gasteiger partial charge in [-0.3, -0.25) is 0 Å². The fourth-order valence-electron chi connectivity index (χ4n) is 2.12. The SMILES string of the molecule is C=CCC/C=C(\C)CC[C@@H](O)[C@@H]([Se]c1ccccc1)C(=O)OC. The van der Waals surface area contributed by atoms with Crippen molar-refractivity contribution in [1.82, 2.24) is 0 Å². The summed E-state index contributed by atoms with van der Waals surface area (Å²) in [5.74, 6) is -0.324. The first kappa shape index (κ1) is 19.7. The Bertz CT molecular complexity index is 511. The molecule has 3 nitrogen and oxygen atoms in total. The molecule has 0 aliphatic carbocycles. The summed E-state index contributed by atoms with van der Waals surface area (Å²) < 4.78 is 5.97. The zero-order valence-electron chi connectivity index (χ0n) is 13.9. The number of unbranched alkanes of at least 4 members (excludes halogenated alkanes) is 1. The van der Waals surface area contributed by atoms with Crippen LogP contribution in [0.2, 0.25) is 4.82 Å². The van der Waals surface area contributed by atoms with Gasteiger partial charge in [0.15, 0.2) is 0 Å². The van der Waals surface area contributed by atoms with Crippen molar-refractivity contribution in [2.45, 2.75) is 43.5 Å². The van der Waals surface area contributed by atoms with E-state index >= 15 is 0 Å². The monoisotopic (exact) mass is 382 g/mol. The first-order chi connectivity index (χ1) is 11.1. The van der Waals surface area contributed by atoms with E-state index in [1.807, 2.05) is 36.4 Å². The molecule has 0 saturated carbocycles. The third-order valence-electron chi connectivity index (χ3n) is 3.49.